The summed E-state index contributed by atoms with van der Waals surface area (Å²) in [6.45, 7) is 19.8. The molecular formula is C61H88N2O21. The van der Waals surface area contributed by atoms with E-state index in [1.807, 2.05) is 26.0 Å². The highest BCUT2D eigenvalue weighted by molar-refractivity contribution is 6.26. The molecule has 1 amide bonds. The first-order valence-electron chi connectivity index (χ1n) is 29.8. The van der Waals surface area contributed by atoms with Gasteiger partial charge in [0, 0.05) is 67.8 Å². The second-order valence-corrected chi connectivity index (χ2v) is 25.8. The molecule has 5 heterocycles. The van der Waals surface area contributed by atoms with E-state index in [1.165, 1.54) is 14.0 Å². The van der Waals surface area contributed by atoms with Gasteiger partial charge in [-0.05, 0) is 89.2 Å². The molecule has 27 atom stereocenters. The number of ether oxygens (including phenoxy) is 11. The van der Waals surface area contributed by atoms with Crippen LogP contribution in [0.5, 0.6) is 0 Å². The predicted molar refractivity (Wildman–Crippen MR) is 297 cm³/mol. The molecule has 1 unspecified atom stereocenters. The summed E-state index contributed by atoms with van der Waals surface area (Å²) in [4.78, 5) is 67.6. The highest BCUT2D eigenvalue weighted by Gasteiger charge is 2.64. The molecule has 0 aromatic rings. The van der Waals surface area contributed by atoms with E-state index in [-0.39, 0.29) is 50.4 Å². The Morgan fingerprint density at radius 1 is 0.762 bits per heavy atom. The number of esters is 1. The molecule has 0 aromatic carbocycles. The number of ketones is 1. The van der Waals surface area contributed by atoms with E-state index in [0.29, 0.717) is 23.9 Å². The summed E-state index contributed by atoms with van der Waals surface area (Å²) in [7, 11) is 2.66. The summed E-state index contributed by atoms with van der Waals surface area (Å²) in [6.07, 6.45) is -3.30. The highest BCUT2D eigenvalue weighted by atomic mass is 16.7. The van der Waals surface area contributed by atoms with E-state index in [9.17, 15) is 44.9 Å². The van der Waals surface area contributed by atoms with Crippen LogP contribution in [0.15, 0.2) is 58.4 Å². The fourth-order valence-corrected chi connectivity index (χ4v) is 15.7. The first-order chi connectivity index (χ1) is 39.6. The van der Waals surface area contributed by atoms with Gasteiger partial charge in [-0.1, -0.05) is 63.6 Å². The number of nitrogens with one attached hydrogen (secondary N) is 1. The number of carbonyl (C=O) groups is 4. The van der Waals surface area contributed by atoms with Crippen LogP contribution >= 0.6 is 0 Å². The summed E-state index contributed by atoms with van der Waals surface area (Å²) >= 11 is 0. The van der Waals surface area contributed by atoms with Gasteiger partial charge in [0.05, 0.1) is 68.5 Å². The second-order valence-electron chi connectivity index (χ2n) is 25.8. The van der Waals surface area contributed by atoms with Crippen LogP contribution in [0.1, 0.15) is 121 Å². The summed E-state index contributed by atoms with van der Waals surface area (Å²) in [5.41, 5.74) is -3.76. The minimum Gasteiger partial charge on any atom is -0.511 e. The SMILES string of the molecule is COC(=O)N[C@@H]1[C@H](C)O[C@@H](O[C@@H]2C/C=C(\C)[C@H]3C=C[C@H]4[C@H](O[C@@H]5C[C@@H](O[C@@H]6C[C@@H](O)[C@@H](O[C@@H]7C[C@@H](O)[C@@H](OC)[C@H](C)O7)[C@H](C)O6)[C@@H](O)[C@H](C)O5)[C@H](C)C[C@@H](C)[C@@H]4[C@@]3(C)C(O)=C3C(=O)OC4(C[C@H](C)C(C=O)=C[C@H]4/C=C\2C)C3=O)C[C@@]1(C)[N+](=O)[O-]. The van der Waals surface area contributed by atoms with Crippen molar-refractivity contribution in [1.82, 2.24) is 5.32 Å². The van der Waals surface area contributed by atoms with Crippen molar-refractivity contribution in [3.05, 3.63) is 68.5 Å². The van der Waals surface area contributed by atoms with E-state index in [2.05, 4.69) is 25.2 Å². The fourth-order valence-electron chi connectivity index (χ4n) is 15.7. The van der Waals surface area contributed by atoms with Gasteiger partial charge in [0.25, 0.3) is 0 Å². The number of alkyl carbamates (subject to hydrolysis) is 1. The Balaban J connectivity index is 1.01. The fraction of sp³-hybridized carbons (Fsp3) is 0.770. The average molecular weight is 1190 g/mol. The van der Waals surface area contributed by atoms with Crippen LogP contribution in [0.3, 0.4) is 0 Å². The number of nitro groups is 1. The van der Waals surface area contributed by atoms with Gasteiger partial charge in [-0.15, -0.1) is 0 Å². The Kier molecular flexibility index (Phi) is 19.0. The maximum absolute atomic E-state index is 15.5. The third-order valence-corrected chi connectivity index (χ3v) is 20.2. The zero-order valence-corrected chi connectivity index (χ0v) is 50.4. The van der Waals surface area contributed by atoms with Crippen LogP contribution < -0.4 is 5.32 Å². The molecule has 23 nitrogen and oxygen atoms in total. The summed E-state index contributed by atoms with van der Waals surface area (Å²) < 4.78 is 67.8. The highest BCUT2D eigenvalue weighted by Crippen LogP contribution is 2.61. The van der Waals surface area contributed by atoms with E-state index in [4.69, 9.17) is 52.1 Å². The van der Waals surface area contributed by atoms with Crippen molar-refractivity contribution in [3.63, 3.8) is 0 Å². The number of Topliss-reactive ketones (excluding diaryl/α,β-unsaturated/α-hetero) is 1. The normalized spacial score (nSPS) is 48.4. The standard InChI is InChI=1S/C61H88N2O21/c1-27-14-17-42(80-47-25-59(10,63(72)73)54(35(9)79-47)62-58(71)75-13)28(2)19-37-20-36(26-64)31(5)24-61(37)56(69)48(57(70)84-61)55(68)60(11)39(27)16-15-38-49(60)29(3)18-30(4)51(38)82-46-23-43(50(67)32(6)76-46)81-44-22-41(66)53(34(8)78-44)83-45-21-40(65)52(74-12)33(7)77-45/h14-16,19-20,26,29-35,37-47,49-54,65-68H,17-18,21-25H2,1-13H3,(H,62,71)/b27-14+,28-19-,55-48?/t29-,30-,31+,32+,33+,34+,35+,37-,38-,39-,40-,41-,42-,43-,44-,45-,46-,47+,49+,50+,51-,52+,53+,54-,59-,60+,61?/m1/s1. The smallest absolute Gasteiger partial charge is 0.407 e. The number of fused-ring (bicyclic) bond motifs is 4. The van der Waals surface area contributed by atoms with Crippen molar-refractivity contribution in [2.24, 2.45) is 46.8 Å². The molecule has 1 saturated carbocycles. The molecule has 5 aliphatic heterocycles. The lowest BCUT2D eigenvalue weighted by Gasteiger charge is -2.56. The van der Waals surface area contributed by atoms with E-state index in [0.717, 1.165) is 12.7 Å². The first kappa shape index (κ1) is 64.0. The van der Waals surface area contributed by atoms with E-state index >= 15 is 4.79 Å². The van der Waals surface area contributed by atoms with Crippen molar-refractivity contribution in [2.75, 3.05) is 14.2 Å². The van der Waals surface area contributed by atoms with Gasteiger partial charge in [-0.3, -0.25) is 19.7 Å². The topological polar surface area (TPSA) is 306 Å². The molecule has 84 heavy (non-hydrogen) atoms. The number of carbonyl (C=O) groups excluding carboxylic acids is 4. The molecule has 4 aliphatic carbocycles. The van der Waals surface area contributed by atoms with Gasteiger partial charge in [-0.25, -0.2) is 9.59 Å². The van der Waals surface area contributed by atoms with Crippen LogP contribution in [0.4, 0.5) is 4.79 Å². The third kappa shape index (κ3) is 11.7. The molecule has 0 aromatic heterocycles. The van der Waals surface area contributed by atoms with Crippen LogP contribution in [-0.2, 0) is 66.5 Å². The van der Waals surface area contributed by atoms with E-state index < -0.39 is 185 Å². The van der Waals surface area contributed by atoms with E-state index in [1.54, 1.807) is 53.7 Å². The number of aliphatic hydroxyl groups excluding tert-OH is 4. The minimum atomic E-state index is -1.87. The zero-order valence-electron chi connectivity index (χ0n) is 50.4. The number of aliphatic hydroxyl groups is 4. The second kappa shape index (κ2) is 24.9. The number of allylic oxidation sites excluding steroid dienone is 4. The van der Waals surface area contributed by atoms with Gasteiger partial charge in [0.2, 0.25) is 11.3 Å². The van der Waals surface area contributed by atoms with Crippen LogP contribution in [-0.4, -0.2) is 179 Å². The number of hydrogen-bond donors (Lipinski definition) is 5. The van der Waals surface area contributed by atoms with Crippen molar-refractivity contribution < 1.29 is 96.6 Å². The summed E-state index contributed by atoms with van der Waals surface area (Å²) in [6, 6.07) is -1.09. The lowest BCUT2D eigenvalue weighted by atomic mass is 9.49. The molecule has 5 N–H and O–H groups in total. The van der Waals surface area contributed by atoms with Crippen molar-refractivity contribution in [1.29, 1.82) is 0 Å². The maximum atomic E-state index is 15.5. The molecule has 2 bridgehead atoms. The number of nitrogens with zero attached hydrogens (tertiary/aromatic N) is 1. The van der Waals surface area contributed by atoms with Crippen molar-refractivity contribution in [3.8, 4) is 0 Å². The molecule has 1 spiro atoms. The number of methoxy groups -OCH3 is 2. The lowest BCUT2D eigenvalue weighted by Crippen LogP contribution is -2.65. The molecule has 0 radical (unpaired) electrons. The molecule has 6 fully saturated rings. The van der Waals surface area contributed by atoms with Crippen molar-refractivity contribution >= 4 is 24.1 Å². The minimum absolute atomic E-state index is 0.00996. The molecule has 9 rings (SSSR count). The van der Waals surface area contributed by atoms with Gasteiger partial charge < -0.3 is 77.8 Å². The van der Waals surface area contributed by atoms with Gasteiger partial charge >= 0.3 is 12.1 Å². The van der Waals surface area contributed by atoms with Crippen LogP contribution in [0.25, 0.3) is 0 Å². The molecule has 468 valence electrons. The summed E-state index contributed by atoms with van der Waals surface area (Å²) in [5.74, 6) is -5.42. The Bertz CT molecular complexity index is 2630. The van der Waals surface area contributed by atoms with Gasteiger partial charge in [0.1, 0.15) is 42.0 Å². The lowest BCUT2D eigenvalue weighted by molar-refractivity contribution is -0.584. The Hall–Kier alpha value is -4.50. The monoisotopic (exact) mass is 1180 g/mol. The predicted octanol–water partition coefficient (Wildman–Crippen LogP) is 5.78. The number of aldehydes is 1. The third-order valence-electron chi connectivity index (χ3n) is 20.2. The number of amides is 1. The maximum Gasteiger partial charge on any atom is 0.407 e. The number of rotatable bonds is 12. The molecule has 23 heteroatoms. The van der Waals surface area contributed by atoms with Gasteiger partial charge in [-0.2, -0.15) is 0 Å². The molecular weight excluding hydrogens is 1100 g/mol. The average Bonchev–Trinajstić information content (AvgIpc) is 2.80. The van der Waals surface area contributed by atoms with Crippen molar-refractivity contribution in [2.45, 2.75) is 237 Å². The quantitative estimate of drug-likeness (QED) is 0.0386. The Morgan fingerprint density at radius 2 is 1.38 bits per heavy atom. The van der Waals surface area contributed by atoms with Crippen LogP contribution in [0, 0.1) is 57.0 Å². The first-order valence-corrected chi connectivity index (χ1v) is 29.8. The van der Waals surface area contributed by atoms with Crippen LogP contribution in [0.2, 0.25) is 0 Å². The Labute approximate surface area is 490 Å². The Morgan fingerprint density at radius 3 is 2.01 bits per heavy atom. The molecule has 9 aliphatic rings. The largest absolute Gasteiger partial charge is 0.511 e. The molecule has 5 saturated heterocycles. The van der Waals surface area contributed by atoms with Gasteiger partial charge in [0.15, 0.2) is 30.8 Å². The summed E-state index contributed by atoms with van der Waals surface area (Å²) in [5, 5.41) is 62.2. The zero-order chi connectivity index (χ0) is 61.2. The number of hydrogen-bond acceptors (Lipinski definition) is 21.